The standard InChI is InChI=1S/C20H15N3OS/c24-20(11-10-15-6-5-13-25-15)22-17-8-2-1-7-16(17)18-14-23-12-4-3-9-19(23)21-18/h1-14H,(H,22,24)/b11-10+. The number of hydrogen-bond acceptors (Lipinski definition) is 3. The lowest BCUT2D eigenvalue weighted by Gasteiger charge is -2.07. The van der Waals surface area contributed by atoms with Gasteiger partial charge in [-0.2, -0.15) is 0 Å². The number of benzene rings is 1. The number of fused-ring (bicyclic) bond motifs is 1. The summed E-state index contributed by atoms with van der Waals surface area (Å²) in [6.07, 6.45) is 7.28. The molecule has 0 spiro atoms. The fourth-order valence-corrected chi connectivity index (χ4v) is 3.22. The van der Waals surface area contributed by atoms with Crippen LogP contribution in [0.2, 0.25) is 0 Å². The van der Waals surface area contributed by atoms with Gasteiger partial charge in [-0.05, 0) is 35.7 Å². The Labute approximate surface area is 149 Å². The Hall–Kier alpha value is -3.18. The van der Waals surface area contributed by atoms with Crippen molar-refractivity contribution in [1.29, 1.82) is 0 Å². The fraction of sp³-hybridized carbons (Fsp3) is 0. The van der Waals surface area contributed by atoms with Gasteiger partial charge in [0.05, 0.1) is 11.4 Å². The van der Waals surface area contributed by atoms with Crippen LogP contribution in [-0.4, -0.2) is 15.3 Å². The van der Waals surface area contributed by atoms with E-state index in [1.54, 1.807) is 17.4 Å². The summed E-state index contributed by atoms with van der Waals surface area (Å²) >= 11 is 1.59. The average Bonchev–Trinajstić information content (AvgIpc) is 3.30. The molecule has 0 aliphatic rings. The highest BCUT2D eigenvalue weighted by Gasteiger charge is 2.10. The van der Waals surface area contributed by atoms with E-state index in [-0.39, 0.29) is 5.91 Å². The number of para-hydroxylation sites is 1. The van der Waals surface area contributed by atoms with Crippen molar-refractivity contribution in [1.82, 2.24) is 9.38 Å². The second kappa shape index (κ2) is 6.75. The highest BCUT2D eigenvalue weighted by molar-refractivity contribution is 7.10. The molecular formula is C20H15N3OS. The predicted octanol–water partition coefficient (Wildman–Crippen LogP) is 4.71. The second-order valence-corrected chi connectivity index (χ2v) is 6.46. The first-order valence-electron chi connectivity index (χ1n) is 7.85. The quantitative estimate of drug-likeness (QED) is 0.544. The van der Waals surface area contributed by atoms with Crippen LogP contribution in [0, 0.1) is 0 Å². The lowest BCUT2D eigenvalue weighted by molar-refractivity contribution is -0.111. The molecule has 0 saturated heterocycles. The largest absolute Gasteiger partial charge is 0.322 e. The number of rotatable bonds is 4. The van der Waals surface area contributed by atoms with E-state index in [4.69, 9.17) is 0 Å². The maximum Gasteiger partial charge on any atom is 0.248 e. The zero-order valence-electron chi connectivity index (χ0n) is 13.3. The van der Waals surface area contributed by atoms with Gasteiger partial charge in [0.2, 0.25) is 5.91 Å². The molecule has 5 heteroatoms. The Bertz CT molecular complexity index is 1010. The fourth-order valence-electron chi connectivity index (χ4n) is 2.60. The van der Waals surface area contributed by atoms with Crippen molar-refractivity contribution in [2.75, 3.05) is 5.32 Å². The van der Waals surface area contributed by atoms with Crippen molar-refractivity contribution < 1.29 is 4.79 Å². The maximum absolute atomic E-state index is 12.2. The maximum atomic E-state index is 12.2. The van der Waals surface area contributed by atoms with Crippen LogP contribution in [0.5, 0.6) is 0 Å². The molecule has 3 aromatic heterocycles. The highest BCUT2D eigenvalue weighted by Crippen LogP contribution is 2.27. The Morgan fingerprint density at radius 1 is 1.08 bits per heavy atom. The van der Waals surface area contributed by atoms with Gasteiger partial charge in [-0.3, -0.25) is 4.79 Å². The number of pyridine rings is 1. The lowest BCUT2D eigenvalue weighted by atomic mass is 10.1. The van der Waals surface area contributed by atoms with Crippen LogP contribution < -0.4 is 5.32 Å². The number of nitrogens with zero attached hydrogens (tertiary/aromatic N) is 2. The van der Waals surface area contributed by atoms with Crippen LogP contribution in [0.4, 0.5) is 5.69 Å². The summed E-state index contributed by atoms with van der Waals surface area (Å²) in [5.41, 5.74) is 3.33. The van der Waals surface area contributed by atoms with Crippen molar-refractivity contribution in [2.45, 2.75) is 0 Å². The van der Waals surface area contributed by atoms with E-state index in [9.17, 15) is 4.79 Å². The van der Waals surface area contributed by atoms with Gasteiger partial charge in [-0.25, -0.2) is 4.98 Å². The Morgan fingerprint density at radius 3 is 2.80 bits per heavy atom. The summed E-state index contributed by atoms with van der Waals surface area (Å²) in [6, 6.07) is 17.5. The van der Waals surface area contributed by atoms with Crippen molar-refractivity contribution in [3.8, 4) is 11.3 Å². The molecule has 0 unspecified atom stereocenters. The zero-order chi connectivity index (χ0) is 17.1. The van der Waals surface area contributed by atoms with E-state index in [1.165, 1.54) is 0 Å². The smallest absolute Gasteiger partial charge is 0.248 e. The van der Waals surface area contributed by atoms with Crippen LogP contribution in [0.1, 0.15) is 4.88 Å². The minimum absolute atomic E-state index is 0.162. The molecule has 25 heavy (non-hydrogen) atoms. The Balaban J connectivity index is 1.61. The molecule has 0 radical (unpaired) electrons. The third kappa shape index (κ3) is 3.36. The molecular weight excluding hydrogens is 330 g/mol. The Kier molecular flexibility index (Phi) is 4.14. The Morgan fingerprint density at radius 2 is 1.96 bits per heavy atom. The SMILES string of the molecule is O=C(/C=C/c1cccs1)Nc1ccccc1-c1cn2ccccc2n1. The number of aromatic nitrogens is 2. The normalized spacial score (nSPS) is 11.2. The molecule has 0 saturated carbocycles. The number of hydrogen-bond donors (Lipinski definition) is 1. The molecule has 0 bridgehead atoms. The van der Waals surface area contributed by atoms with E-state index in [0.717, 1.165) is 27.5 Å². The molecule has 0 aliphatic heterocycles. The van der Waals surface area contributed by atoms with Crippen LogP contribution in [0.25, 0.3) is 23.0 Å². The summed E-state index contributed by atoms with van der Waals surface area (Å²) in [7, 11) is 0. The molecule has 4 aromatic rings. The second-order valence-electron chi connectivity index (χ2n) is 5.48. The van der Waals surface area contributed by atoms with Crippen LogP contribution in [-0.2, 0) is 4.79 Å². The lowest BCUT2D eigenvalue weighted by Crippen LogP contribution is -2.08. The first-order chi connectivity index (χ1) is 12.3. The highest BCUT2D eigenvalue weighted by atomic mass is 32.1. The number of nitrogens with one attached hydrogen (secondary N) is 1. The molecule has 4 rings (SSSR count). The van der Waals surface area contributed by atoms with E-state index in [1.807, 2.05) is 82.8 Å². The third-order valence-electron chi connectivity index (χ3n) is 3.77. The van der Waals surface area contributed by atoms with Crippen LogP contribution in [0.15, 0.2) is 78.4 Å². The van der Waals surface area contributed by atoms with Gasteiger partial charge in [-0.1, -0.05) is 30.3 Å². The molecule has 0 fully saturated rings. The summed E-state index contributed by atoms with van der Waals surface area (Å²) < 4.78 is 1.96. The number of carbonyl (C=O) groups excluding carboxylic acids is 1. The third-order valence-corrected chi connectivity index (χ3v) is 4.60. The molecule has 1 amide bonds. The number of carbonyl (C=O) groups is 1. The van der Waals surface area contributed by atoms with Crippen molar-refractivity contribution in [2.24, 2.45) is 0 Å². The van der Waals surface area contributed by atoms with Gasteiger partial charge in [0.1, 0.15) is 5.65 Å². The molecule has 3 heterocycles. The molecule has 1 N–H and O–H groups in total. The van der Waals surface area contributed by atoms with E-state index < -0.39 is 0 Å². The number of thiophene rings is 1. The van der Waals surface area contributed by atoms with Gasteiger partial charge < -0.3 is 9.72 Å². The van der Waals surface area contributed by atoms with Crippen molar-refractivity contribution in [3.63, 3.8) is 0 Å². The summed E-state index contributed by atoms with van der Waals surface area (Å²) in [5.74, 6) is -0.162. The predicted molar refractivity (Wildman–Crippen MR) is 103 cm³/mol. The molecule has 4 nitrogen and oxygen atoms in total. The first kappa shape index (κ1) is 15.4. The van der Waals surface area contributed by atoms with E-state index >= 15 is 0 Å². The number of amides is 1. The van der Waals surface area contributed by atoms with Crippen LogP contribution >= 0.6 is 11.3 Å². The summed E-state index contributed by atoms with van der Waals surface area (Å²) in [5, 5.41) is 4.93. The minimum atomic E-state index is -0.162. The number of anilines is 1. The van der Waals surface area contributed by atoms with Gasteiger partial charge in [0.15, 0.2) is 0 Å². The van der Waals surface area contributed by atoms with Crippen molar-refractivity contribution >= 4 is 34.7 Å². The van der Waals surface area contributed by atoms with Crippen molar-refractivity contribution in [3.05, 3.63) is 83.3 Å². The van der Waals surface area contributed by atoms with Gasteiger partial charge in [-0.15, -0.1) is 11.3 Å². The molecule has 1 aromatic carbocycles. The van der Waals surface area contributed by atoms with Gasteiger partial charge in [0, 0.05) is 28.9 Å². The molecule has 0 aliphatic carbocycles. The minimum Gasteiger partial charge on any atom is -0.322 e. The van der Waals surface area contributed by atoms with E-state index in [2.05, 4.69) is 10.3 Å². The first-order valence-corrected chi connectivity index (χ1v) is 8.73. The average molecular weight is 345 g/mol. The van der Waals surface area contributed by atoms with E-state index in [0.29, 0.717) is 0 Å². The zero-order valence-corrected chi connectivity index (χ0v) is 14.1. The topological polar surface area (TPSA) is 46.4 Å². The number of imidazole rings is 1. The van der Waals surface area contributed by atoms with Gasteiger partial charge >= 0.3 is 0 Å². The molecule has 122 valence electrons. The summed E-state index contributed by atoms with van der Waals surface area (Å²) in [4.78, 5) is 17.9. The molecule has 0 atom stereocenters. The monoisotopic (exact) mass is 345 g/mol. The van der Waals surface area contributed by atoms with Crippen LogP contribution in [0.3, 0.4) is 0 Å². The van der Waals surface area contributed by atoms with Gasteiger partial charge in [0.25, 0.3) is 0 Å². The summed E-state index contributed by atoms with van der Waals surface area (Å²) in [6.45, 7) is 0.